The van der Waals surface area contributed by atoms with Crippen LogP contribution >= 0.6 is 0 Å². The number of rotatable bonds is 0. The van der Waals surface area contributed by atoms with Gasteiger partial charge in [-0.1, -0.05) is 6.07 Å². The maximum Gasteiger partial charge on any atom is 0.125 e. The molecule has 0 spiro atoms. The smallest absolute Gasteiger partial charge is 0.125 e. The Kier molecular flexibility index (Phi) is 1.97. The van der Waals surface area contributed by atoms with Crippen LogP contribution in [0.3, 0.4) is 0 Å². The van der Waals surface area contributed by atoms with Crippen molar-refractivity contribution in [2.24, 2.45) is 4.99 Å². The Morgan fingerprint density at radius 2 is 2.20 bits per heavy atom. The normalized spacial score (nSPS) is 19.3. The van der Waals surface area contributed by atoms with Crippen LogP contribution in [0.15, 0.2) is 23.2 Å². The molecule has 0 radical (unpaired) electrons. The van der Waals surface area contributed by atoms with Gasteiger partial charge in [0.05, 0.1) is 5.69 Å². The van der Waals surface area contributed by atoms with E-state index >= 15 is 0 Å². The van der Waals surface area contributed by atoms with Crippen LogP contribution in [-0.2, 0) is 6.54 Å². The number of aliphatic imine (C=N–C) groups is 1. The molecule has 0 N–H and O–H groups in total. The van der Waals surface area contributed by atoms with Gasteiger partial charge in [-0.3, -0.25) is 0 Å². The highest BCUT2D eigenvalue weighted by Crippen LogP contribution is 2.29. The van der Waals surface area contributed by atoms with Crippen LogP contribution in [-0.4, -0.2) is 17.3 Å². The fourth-order valence-corrected chi connectivity index (χ4v) is 2.29. The minimum absolute atomic E-state index is 0.192. The predicted molar refractivity (Wildman–Crippen MR) is 57.8 cm³/mol. The Labute approximate surface area is 88.4 Å². The van der Waals surface area contributed by atoms with Crippen LogP contribution in [0.1, 0.15) is 24.8 Å². The summed E-state index contributed by atoms with van der Waals surface area (Å²) in [7, 11) is 0. The van der Waals surface area contributed by atoms with Crippen molar-refractivity contribution in [3.05, 3.63) is 29.6 Å². The summed E-state index contributed by atoms with van der Waals surface area (Å²) < 4.78 is 13.0. The van der Waals surface area contributed by atoms with E-state index in [1.807, 2.05) is 6.07 Å². The van der Waals surface area contributed by atoms with Crippen LogP contribution in [0.25, 0.3) is 0 Å². The Bertz CT molecular complexity index is 426. The van der Waals surface area contributed by atoms with Gasteiger partial charge in [0.25, 0.3) is 0 Å². The molecule has 3 heteroatoms. The molecule has 2 nitrogen and oxygen atoms in total. The van der Waals surface area contributed by atoms with Gasteiger partial charge >= 0.3 is 0 Å². The third kappa shape index (κ3) is 1.52. The lowest BCUT2D eigenvalue weighted by molar-refractivity contribution is 0.359. The lowest BCUT2D eigenvalue weighted by Gasteiger charge is -2.33. The van der Waals surface area contributed by atoms with E-state index in [4.69, 9.17) is 0 Å². The molecule has 1 saturated heterocycles. The number of hydrogen-bond acceptors (Lipinski definition) is 2. The van der Waals surface area contributed by atoms with Crippen molar-refractivity contribution < 1.29 is 4.39 Å². The molecule has 1 aromatic carbocycles. The molecule has 0 atom stereocenters. The average molecular weight is 204 g/mol. The molecular formula is C12H13FN2. The molecule has 0 aromatic heterocycles. The van der Waals surface area contributed by atoms with Crippen molar-refractivity contribution in [1.82, 2.24) is 4.90 Å². The summed E-state index contributed by atoms with van der Waals surface area (Å²) in [5, 5.41) is 0. The van der Waals surface area contributed by atoms with Crippen LogP contribution in [0.4, 0.5) is 10.1 Å². The van der Waals surface area contributed by atoms with Gasteiger partial charge in [-0.05, 0) is 30.5 Å². The Hall–Kier alpha value is -1.38. The van der Waals surface area contributed by atoms with Gasteiger partial charge in [0.1, 0.15) is 11.7 Å². The lowest BCUT2D eigenvalue weighted by Crippen LogP contribution is -2.36. The molecule has 2 aliphatic rings. The van der Waals surface area contributed by atoms with Crippen molar-refractivity contribution in [3.63, 3.8) is 0 Å². The molecule has 2 heterocycles. The third-order valence-electron chi connectivity index (χ3n) is 3.10. The molecule has 15 heavy (non-hydrogen) atoms. The van der Waals surface area contributed by atoms with Gasteiger partial charge in [-0.2, -0.15) is 0 Å². The standard InChI is InChI=1S/C12H13FN2/c13-10-5-4-9-8-15-6-2-1-3-12(15)14-11(9)7-10/h4-5,7H,1-3,6,8H2. The van der Waals surface area contributed by atoms with Crippen molar-refractivity contribution in [1.29, 1.82) is 0 Å². The number of nitrogens with zero attached hydrogens (tertiary/aromatic N) is 2. The number of hydrogen-bond donors (Lipinski definition) is 0. The van der Waals surface area contributed by atoms with Gasteiger partial charge in [0.2, 0.25) is 0 Å². The summed E-state index contributed by atoms with van der Waals surface area (Å²) in [6.07, 6.45) is 3.49. The molecule has 78 valence electrons. The Morgan fingerprint density at radius 1 is 1.27 bits per heavy atom. The van der Waals surface area contributed by atoms with E-state index in [-0.39, 0.29) is 5.82 Å². The second-order valence-corrected chi connectivity index (χ2v) is 4.18. The van der Waals surface area contributed by atoms with Crippen LogP contribution in [0.2, 0.25) is 0 Å². The maximum absolute atomic E-state index is 13.0. The summed E-state index contributed by atoms with van der Waals surface area (Å²) in [5.74, 6) is 0.946. The largest absolute Gasteiger partial charge is 0.356 e. The number of benzene rings is 1. The predicted octanol–water partition coefficient (Wildman–Crippen LogP) is 2.86. The third-order valence-corrected chi connectivity index (χ3v) is 3.10. The highest BCUT2D eigenvalue weighted by molar-refractivity contribution is 5.87. The van der Waals surface area contributed by atoms with Crippen LogP contribution < -0.4 is 0 Å². The zero-order valence-corrected chi connectivity index (χ0v) is 8.54. The molecule has 0 amide bonds. The molecule has 1 fully saturated rings. The van der Waals surface area contributed by atoms with Crippen molar-refractivity contribution >= 4 is 11.5 Å². The van der Waals surface area contributed by atoms with E-state index in [0.29, 0.717) is 0 Å². The van der Waals surface area contributed by atoms with Gasteiger partial charge in [0, 0.05) is 19.5 Å². The molecule has 1 aromatic rings. The first-order chi connectivity index (χ1) is 7.33. The number of piperidine rings is 1. The zero-order valence-electron chi connectivity index (χ0n) is 8.54. The maximum atomic E-state index is 13.0. The molecule has 0 bridgehead atoms. The summed E-state index contributed by atoms with van der Waals surface area (Å²) in [6.45, 7) is 1.99. The lowest BCUT2D eigenvalue weighted by atomic mass is 10.0. The van der Waals surface area contributed by atoms with E-state index in [0.717, 1.165) is 36.6 Å². The monoisotopic (exact) mass is 204 g/mol. The summed E-state index contributed by atoms with van der Waals surface area (Å²) in [5.41, 5.74) is 1.96. The first-order valence-electron chi connectivity index (χ1n) is 5.44. The Morgan fingerprint density at radius 3 is 3.13 bits per heavy atom. The van der Waals surface area contributed by atoms with Crippen LogP contribution in [0, 0.1) is 5.82 Å². The molecular weight excluding hydrogens is 191 g/mol. The molecule has 0 saturated carbocycles. The number of halogens is 1. The van der Waals surface area contributed by atoms with Crippen LogP contribution in [0.5, 0.6) is 0 Å². The number of amidine groups is 1. The summed E-state index contributed by atoms with van der Waals surface area (Å²) >= 11 is 0. The first-order valence-corrected chi connectivity index (χ1v) is 5.44. The van der Waals surface area contributed by atoms with E-state index < -0.39 is 0 Å². The van der Waals surface area contributed by atoms with Gasteiger partial charge in [0.15, 0.2) is 0 Å². The highest BCUT2D eigenvalue weighted by Gasteiger charge is 2.22. The average Bonchev–Trinajstić information content (AvgIpc) is 2.26. The summed E-state index contributed by atoms with van der Waals surface area (Å²) in [6, 6.07) is 4.90. The van der Waals surface area contributed by atoms with Crippen molar-refractivity contribution in [3.8, 4) is 0 Å². The van der Waals surface area contributed by atoms with Gasteiger partial charge in [-0.25, -0.2) is 9.38 Å². The van der Waals surface area contributed by atoms with E-state index in [1.165, 1.54) is 25.0 Å². The fourth-order valence-electron chi connectivity index (χ4n) is 2.29. The minimum Gasteiger partial charge on any atom is -0.356 e. The van der Waals surface area contributed by atoms with Crippen molar-refractivity contribution in [2.45, 2.75) is 25.8 Å². The highest BCUT2D eigenvalue weighted by atomic mass is 19.1. The fraction of sp³-hybridized carbons (Fsp3) is 0.417. The molecule has 2 aliphatic heterocycles. The van der Waals surface area contributed by atoms with Gasteiger partial charge < -0.3 is 4.90 Å². The van der Waals surface area contributed by atoms with E-state index in [9.17, 15) is 4.39 Å². The second-order valence-electron chi connectivity index (χ2n) is 4.18. The van der Waals surface area contributed by atoms with E-state index in [2.05, 4.69) is 9.89 Å². The van der Waals surface area contributed by atoms with Crippen molar-refractivity contribution in [2.75, 3.05) is 6.54 Å². The number of fused-ring (bicyclic) bond motifs is 2. The molecule has 0 aliphatic carbocycles. The minimum atomic E-state index is -0.192. The summed E-state index contributed by atoms with van der Waals surface area (Å²) in [4.78, 5) is 6.84. The molecule has 3 rings (SSSR count). The Balaban J connectivity index is 2.03. The van der Waals surface area contributed by atoms with E-state index in [1.54, 1.807) is 0 Å². The molecule has 0 unspecified atom stereocenters. The first kappa shape index (κ1) is 8.89. The second kappa shape index (κ2) is 3.33. The van der Waals surface area contributed by atoms with Gasteiger partial charge in [-0.15, -0.1) is 0 Å². The SMILES string of the molecule is Fc1ccc2c(c1)N=C1CCCCN1C2. The zero-order chi connectivity index (χ0) is 10.3. The quantitative estimate of drug-likeness (QED) is 0.634. The topological polar surface area (TPSA) is 15.6 Å².